The van der Waals surface area contributed by atoms with Crippen LogP contribution in [-0.2, 0) is 6.18 Å². The monoisotopic (exact) mass is 387 g/mol. The average molecular weight is 387 g/mol. The maximum Gasteiger partial charge on any atom is 0.422 e. The molecule has 1 atom stereocenters. The fourth-order valence-corrected chi connectivity index (χ4v) is 1.84. The van der Waals surface area contributed by atoms with Crippen molar-refractivity contribution >= 4 is 17.7 Å². The van der Waals surface area contributed by atoms with Gasteiger partial charge < -0.3 is 20.9 Å². The van der Waals surface area contributed by atoms with Gasteiger partial charge in [0.25, 0.3) is 5.91 Å². The molecule has 0 saturated carbocycles. The van der Waals surface area contributed by atoms with Gasteiger partial charge in [0, 0.05) is 5.56 Å². The fraction of sp³-hybridized carbons (Fsp3) is 0.429. The number of carbonyl (C=O) groups is 1. The number of rotatable bonds is 5. The van der Waals surface area contributed by atoms with Crippen LogP contribution in [0.3, 0.4) is 0 Å². The Kier molecular flexibility index (Phi) is 5.81. The second-order valence-corrected chi connectivity index (χ2v) is 5.33. The van der Waals surface area contributed by atoms with E-state index in [9.17, 15) is 36.2 Å². The zero-order valence-corrected chi connectivity index (χ0v) is 13.5. The minimum atomic E-state index is -5.05. The lowest BCUT2D eigenvalue weighted by Crippen LogP contribution is -2.51. The molecule has 0 spiro atoms. The maximum absolute atomic E-state index is 13.1. The lowest BCUT2D eigenvalue weighted by molar-refractivity contribution is -0.249. The van der Waals surface area contributed by atoms with Crippen LogP contribution >= 0.6 is 0 Å². The summed E-state index contributed by atoms with van der Waals surface area (Å²) in [4.78, 5) is 15.4. The first kappa shape index (κ1) is 21.5. The average Bonchev–Trinajstić information content (AvgIpc) is 2.50. The highest BCUT2D eigenvalue weighted by molar-refractivity contribution is 5.99. The second kappa shape index (κ2) is 7.02. The number of hydrogen-bond acceptors (Lipinski definition) is 5. The first-order chi connectivity index (χ1) is 11.7. The van der Waals surface area contributed by atoms with Gasteiger partial charge in [0.15, 0.2) is 11.3 Å². The number of amides is 1. The van der Waals surface area contributed by atoms with Gasteiger partial charge in [0.2, 0.25) is 5.88 Å². The number of alkyl halides is 6. The molecular weight excluding hydrogens is 372 g/mol. The van der Waals surface area contributed by atoms with Gasteiger partial charge in [0.1, 0.15) is 5.56 Å². The Bertz CT molecular complexity index is 713. The number of carbonyl (C=O) groups excluding carboxylic acids is 1. The van der Waals surface area contributed by atoms with Crippen LogP contribution in [-0.4, -0.2) is 41.4 Å². The first-order valence-corrected chi connectivity index (χ1v) is 6.81. The van der Waals surface area contributed by atoms with E-state index in [0.29, 0.717) is 13.0 Å². The Hall–Kier alpha value is -2.50. The van der Waals surface area contributed by atoms with Crippen molar-refractivity contribution in [2.45, 2.75) is 24.9 Å². The highest BCUT2D eigenvalue weighted by atomic mass is 19.4. The van der Waals surface area contributed by atoms with Crippen LogP contribution in [0.15, 0.2) is 6.58 Å². The van der Waals surface area contributed by atoms with Crippen molar-refractivity contribution in [3.63, 3.8) is 0 Å². The molecule has 0 aliphatic rings. The lowest BCUT2D eigenvalue weighted by Gasteiger charge is -2.26. The summed E-state index contributed by atoms with van der Waals surface area (Å²) >= 11 is 0. The third kappa shape index (κ3) is 4.18. The zero-order chi connectivity index (χ0) is 20.5. The van der Waals surface area contributed by atoms with E-state index in [4.69, 9.17) is 5.73 Å². The molecule has 4 N–H and O–H groups in total. The Balaban J connectivity index is 3.34. The van der Waals surface area contributed by atoms with Gasteiger partial charge in [-0.1, -0.05) is 12.7 Å². The van der Waals surface area contributed by atoms with E-state index in [-0.39, 0.29) is 0 Å². The molecule has 0 radical (unpaired) electrons. The number of nitrogens with one attached hydrogen (secondary N) is 1. The number of hydrogen-bond donors (Lipinski definition) is 3. The van der Waals surface area contributed by atoms with Crippen LogP contribution in [0.4, 0.5) is 32.0 Å². The van der Waals surface area contributed by atoms with Crippen LogP contribution in [0.25, 0.3) is 6.08 Å². The summed E-state index contributed by atoms with van der Waals surface area (Å²) in [5.74, 6) is -2.34. The van der Waals surface area contributed by atoms with E-state index in [0.717, 1.165) is 7.11 Å². The smallest absolute Gasteiger partial charge is 0.422 e. The number of ether oxygens (including phenoxy) is 1. The number of aliphatic hydroxyl groups is 1. The number of methoxy groups -OCH3 is 1. The van der Waals surface area contributed by atoms with Crippen molar-refractivity contribution in [1.29, 1.82) is 0 Å². The molecule has 0 aliphatic carbocycles. The summed E-state index contributed by atoms with van der Waals surface area (Å²) in [6.45, 7) is 2.31. The predicted octanol–water partition coefficient (Wildman–Crippen LogP) is 2.38. The van der Waals surface area contributed by atoms with Gasteiger partial charge in [-0.2, -0.15) is 26.3 Å². The third-order valence-corrected chi connectivity index (χ3v) is 3.34. The lowest BCUT2D eigenvalue weighted by atomic mass is 10.0. The molecule has 26 heavy (non-hydrogen) atoms. The Labute approximate surface area is 143 Å². The summed E-state index contributed by atoms with van der Waals surface area (Å²) in [5, 5.41) is 11.0. The van der Waals surface area contributed by atoms with Crippen molar-refractivity contribution in [2.24, 2.45) is 0 Å². The van der Waals surface area contributed by atoms with E-state index in [2.05, 4.69) is 16.3 Å². The molecule has 0 fully saturated rings. The number of halogens is 6. The standard InChI is InChI=1S/C14H15F6N3O3/c1-4-6-7(13(15,16)17)11(26-3)23-9(8(6)21)10(24)22-5-12(2,25)14(18,19)20/h4,25H,1,5,21H2,2-3H3,(H,22,24). The number of anilines is 1. The number of nitrogens with zero attached hydrogens (tertiary/aromatic N) is 1. The molecule has 1 aromatic heterocycles. The van der Waals surface area contributed by atoms with Gasteiger partial charge in [-0.3, -0.25) is 4.79 Å². The third-order valence-electron chi connectivity index (χ3n) is 3.34. The van der Waals surface area contributed by atoms with Crippen molar-refractivity contribution in [3.05, 3.63) is 23.4 Å². The topological polar surface area (TPSA) is 97.5 Å². The van der Waals surface area contributed by atoms with Crippen LogP contribution in [0, 0.1) is 0 Å². The summed E-state index contributed by atoms with van der Waals surface area (Å²) in [7, 11) is 0.858. The Morgan fingerprint density at radius 2 is 1.88 bits per heavy atom. The van der Waals surface area contributed by atoms with Crippen LogP contribution in [0.1, 0.15) is 28.5 Å². The van der Waals surface area contributed by atoms with Crippen LogP contribution in [0.2, 0.25) is 0 Å². The summed E-state index contributed by atoms with van der Waals surface area (Å²) in [6, 6.07) is 0. The molecule has 1 unspecified atom stereocenters. The number of nitrogen functional groups attached to an aromatic ring is 1. The normalized spacial score (nSPS) is 14.5. The molecule has 1 aromatic rings. The highest BCUT2D eigenvalue weighted by Gasteiger charge is 2.50. The number of nitrogens with two attached hydrogens (primary N) is 1. The largest absolute Gasteiger partial charge is 0.481 e. The molecule has 0 saturated heterocycles. The van der Waals surface area contributed by atoms with E-state index >= 15 is 0 Å². The summed E-state index contributed by atoms with van der Waals surface area (Å²) in [5.41, 5.74) is -1.41. The highest BCUT2D eigenvalue weighted by Crippen LogP contribution is 2.41. The summed E-state index contributed by atoms with van der Waals surface area (Å²) in [6.07, 6.45) is -9.28. The van der Waals surface area contributed by atoms with Crippen molar-refractivity contribution in [1.82, 2.24) is 10.3 Å². The van der Waals surface area contributed by atoms with E-state index in [1.54, 1.807) is 5.32 Å². The van der Waals surface area contributed by atoms with E-state index in [1.807, 2.05) is 0 Å². The Morgan fingerprint density at radius 3 is 2.27 bits per heavy atom. The SMILES string of the molecule is C=Cc1c(N)c(C(=O)NCC(C)(O)C(F)(F)F)nc(OC)c1C(F)(F)F. The molecular formula is C14H15F6N3O3. The number of pyridine rings is 1. The molecule has 0 aliphatic heterocycles. The molecule has 12 heteroatoms. The van der Waals surface area contributed by atoms with Gasteiger partial charge >= 0.3 is 12.4 Å². The molecule has 1 rings (SSSR count). The van der Waals surface area contributed by atoms with Crippen molar-refractivity contribution in [2.75, 3.05) is 19.4 Å². The van der Waals surface area contributed by atoms with Crippen LogP contribution < -0.4 is 15.8 Å². The molecule has 146 valence electrons. The van der Waals surface area contributed by atoms with Crippen molar-refractivity contribution < 1.29 is 41.0 Å². The second-order valence-electron chi connectivity index (χ2n) is 5.33. The van der Waals surface area contributed by atoms with E-state index in [1.165, 1.54) is 0 Å². The first-order valence-electron chi connectivity index (χ1n) is 6.81. The van der Waals surface area contributed by atoms with Gasteiger partial charge in [-0.15, -0.1) is 0 Å². The molecule has 0 bridgehead atoms. The van der Waals surface area contributed by atoms with Gasteiger partial charge in [-0.25, -0.2) is 4.98 Å². The Morgan fingerprint density at radius 1 is 1.35 bits per heavy atom. The minimum absolute atomic E-state index is 0.409. The predicted molar refractivity (Wildman–Crippen MR) is 79.3 cm³/mol. The maximum atomic E-state index is 13.1. The number of aromatic nitrogens is 1. The molecule has 0 aromatic carbocycles. The fourth-order valence-electron chi connectivity index (χ4n) is 1.84. The zero-order valence-electron chi connectivity index (χ0n) is 13.5. The van der Waals surface area contributed by atoms with Crippen molar-refractivity contribution in [3.8, 4) is 5.88 Å². The van der Waals surface area contributed by atoms with Gasteiger partial charge in [-0.05, 0) is 6.92 Å². The molecule has 1 heterocycles. The quantitative estimate of drug-likeness (QED) is 0.674. The minimum Gasteiger partial charge on any atom is -0.481 e. The molecule has 6 nitrogen and oxygen atoms in total. The van der Waals surface area contributed by atoms with Crippen LogP contribution in [0.5, 0.6) is 5.88 Å². The molecule has 1 amide bonds. The summed E-state index contributed by atoms with van der Waals surface area (Å²) < 4.78 is 81.7. The van der Waals surface area contributed by atoms with E-state index < -0.39 is 58.8 Å². The van der Waals surface area contributed by atoms with Gasteiger partial charge in [0.05, 0.1) is 19.3 Å².